The van der Waals surface area contributed by atoms with Crippen LogP contribution in [0, 0.1) is 5.41 Å². The summed E-state index contributed by atoms with van der Waals surface area (Å²) in [7, 11) is 1.72. The van der Waals surface area contributed by atoms with E-state index >= 15 is 0 Å². The van der Waals surface area contributed by atoms with Crippen LogP contribution in [-0.2, 0) is 0 Å². The van der Waals surface area contributed by atoms with Crippen LogP contribution >= 0.6 is 0 Å². The molecule has 0 aromatic carbocycles. The van der Waals surface area contributed by atoms with E-state index in [9.17, 15) is 0 Å². The molecule has 1 aliphatic rings. The second-order valence-electron chi connectivity index (χ2n) is 1.64. The lowest BCUT2D eigenvalue weighted by Crippen LogP contribution is -2.14. The molecule has 3 heteroatoms. The monoisotopic (exact) mass is 109 g/mol. The van der Waals surface area contributed by atoms with Crippen LogP contribution in [0.5, 0.6) is 0 Å². The normalized spacial score (nSPS) is 18.4. The zero-order valence-electron chi connectivity index (χ0n) is 4.68. The summed E-state index contributed by atoms with van der Waals surface area (Å²) < 4.78 is 0. The number of likely N-dealkylation sites (N-methyl/N-ethyl adjacent to an activating group) is 1. The van der Waals surface area contributed by atoms with Gasteiger partial charge in [-0.15, -0.1) is 0 Å². The summed E-state index contributed by atoms with van der Waals surface area (Å²) >= 11 is 0. The second kappa shape index (κ2) is 1.43. The highest BCUT2D eigenvalue weighted by atomic mass is 15.5. The van der Waals surface area contributed by atoms with Crippen molar-refractivity contribution in [3.63, 3.8) is 0 Å². The summed E-state index contributed by atoms with van der Waals surface area (Å²) in [6, 6.07) is 0. The molecule has 3 nitrogen and oxygen atoms in total. The van der Waals surface area contributed by atoms with Crippen molar-refractivity contribution in [2.24, 2.45) is 5.10 Å². The van der Waals surface area contributed by atoms with Crippen molar-refractivity contribution in [1.29, 1.82) is 5.41 Å². The Kier molecular flexibility index (Phi) is 0.901. The van der Waals surface area contributed by atoms with Crippen LogP contribution < -0.4 is 0 Å². The number of rotatable bonds is 0. The van der Waals surface area contributed by atoms with Gasteiger partial charge in [0.1, 0.15) is 5.84 Å². The van der Waals surface area contributed by atoms with Crippen molar-refractivity contribution in [2.45, 2.75) is 0 Å². The summed E-state index contributed by atoms with van der Waals surface area (Å²) in [6.45, 7) is 3.57. The predicted octanol–water partition coefficient (Wildman–Crippen LogP) is 0.451. The number of hydrazone groups is 1. The maximum atomic E-state index is 7.16. The maximum absolute atomic E-state index is 7.16. The van der Waals surface area contributed by atoms with Crippen LogP contribution in [0.25, 0.3) is 0 Å². The molecule has 0 unspecified atom stereocenters. The smallest absolute Gasteiger partial charge is 0.149 e. The first-order valence-electron chi connectivity index (χ1n) is 2.27. The molecular formula is C5H7N3. The van der Waals surface area contributed by atoms with E-state index in [0.717, 1.165) is 0 Å². The minimum atomic E-state index is 0.380. The minimum absolute atomic E-state index is 0.380. The first-order chi connectivity index (χ1) is 3.72. The molecule has 0 aliphatic carbocycles. The third-order valence-electron chi connectivity index (χ3n) is 1.01. The van der Waals surface area contributed by atoms with E-state index in [4.69, 9.17) is 5.41 Å². The van der Waals surface area contributed by atoms with E-state index in [1.807, 2.05) is 0 Å². The van der Waals surface area contributed by atoms with Crippen LogP contribution in [0.15, 0.2) is 17.3 Å². The summed E-state index contributed by atoms with van der Waals surface area (Å²) in [4.78, 5) is 0. The lowest BCUT2D eigenvalue weighted by Gasteiger charge is -2.03. The molecule has 1 aliphatic heterocycles. The lowest BCUT2D eigenvalue weighted by atomic mass is 10.3. The second-order valence-corrected chi connectivity index (χ2v) is 1.64. The van der Waals surface area contributed by atoms with Gasteiger partial charge in [-0.3, -0.25) is 10.4 Å². The van der Waals surface area contributed by atoms with E-state index in [0.29, 0.717) is 11.4 Å². The molecule has 1 N–H and O–H groups in total. The van der Waals surface area contributed by atoms with Crippen molar-refractivity contribution in [3.05, 3.63) is 12.2 Å². The predicted molar refractivity (Wildman–Crippen MR) is 33.1 cm³/mol. The minimum Gasteiger partial charge on any atom is -0.283 e. The third-order valence-corrected chi connectivity index (χ3v) is 1.01. The van der Waals surface area contributed by atoms with Gasteiger partial charge in [-0.25, -0.2) is 0 Å². The molecule has 0 bridgehead atoms. The fourth-order valence-electron chi connectivity index (χ4n) is 0.483. The van der Waals surface area contributed by atoms with Gasteiger partial charge in [-0.2, -0.15) is 5.10 Å². The Bertz CT molecular complexity index is 169. The Hall–Kier alpha value is -1.12. The topological polar surface area (TPSA) is 39.5 Å². The Labute approximate surface area is 47.8 Å². The number of hydrogen-bond acceptors (Lipinski definition) is 2. The van der Waals surface area contributed by atoms with Gasteiger partial charge in [-0.05, 0) is 0 Å². The van der Waals surface area contributed by atoms with E-state index in [1.165, 1.54) is 5.01 Å². The average Bonchev–Trinajstić information content (AvgIpc) is 1.98. The van der Waals surface area contributed by atoms with E-state index < -0.39 is 0 Å². The summed E-state index contributed by atoms with van der Waals surface area (Å²) in [5.41, 5.74) is 0.674. The molecule has 0 saturated carbocycles. The fourth-order valence-corrected chi connectivity index (χ4v) is 0.483. The van der Waals surface area contributed by atoms with Gasteiger partial charge in [0.15, 0.2) is 0 Å². The first kappa shape index (κ1) is 5.03. The molecular weight excluding hydrogens is 102 g/mol. The Morgan fingerprint density at radius 3 is 2.62 bits per heavy atom. The molecule has 0 spiro atoms. The maximum Gasteiger partial charge on any atom is 0.149 e. The summed E-state index contributed by atoms with van der Waals surface area (Å²) in [5, 5.41) is 12.4. The number of amidine groups is 1. The number of hydrogen-bond donors (Lipinski definition) is 1. The van der Waals surface area contributed by atoms with Gasteiger partial charge in [0.2, 0.25) is 0 Å². The Morgan fingerprint density at radius 2 is 2.50 bits per heavy atom. The Balaban J connectivity index is 2.85. The van der Waals surface area contributed by atoms with E-state index in [-0.39, 0.29) is 0 Å². The molecule has 0 aromatic rings. The van der Waals surface area contributed by atoms with Crippen molar-refractivity contribution in [1.82, 2.24) is 5.01 Å². The quantitative estimate of drug-likeness (QED) is 0.482. The van der Waals surface area contributed by atoms with Gasteiger partial charge in [0.05, 0.1) is 6.21 Å². The van der Waals surface area contributed by atoms with Gasteiger partial charge in [-0.1, -0.05) is 6.58 Å². The number of nitrogens with one attached hydrogen (secondary N) is 1. The summed E-state index contributed by atoms with van der Waals surface area (Å²) in [5.74, 6) is 0.380. The first-order valence-corrected chi connectivity index (χ1v) is 2.27. The molecule has 0 radical (unpaired) electrons. The fraction of sp³-hybridized carbons (Fsp3) is 0.200. The average molecular weight is 109 g/mol. The molecule has 0 saturated heterocycles. The molecule has 0 aromatic heterocycles. The van der Waals surface area contributed by atoms with Crippen LogP contribution in [0.1, 0.15) is 0 Å². The zero-order chi connectivity index (χ0) is 6.15. The van der Waals surface area contributed by atoms with Crippen molar-refractivity contribution in [2.75, 3.05) is 7.05 Å². The highest BCUT2D eigenvalue weighted by molar-refractivity contribution is 6.15. The molecule has 8 heavy (non-hydrogen) atoms. The molecule has 0 atom stereocenters. The van der Waals surface area contributed by atoms with Crippen molar-refractivity contribution >= 4 is 12.1 Å². The van der Waals surface area contributed by atoms with Crippen LogP contribution in [-0.4, -0.2) is 24.1 Å². The SMILES string of the molecule is C=C1C=NN(C)C1=N. The van der Waals surface area contributed by atoms with Crippen LogP contribution in [0.3, 0.4) is 0 Å². The molecule has 0 fully saturated rings. The van der Waals surface area contributed by atoms with Crippen molar-refractivity contribution in [3.8, 4) is 0 Å². The zero-order valence-corrected chi connectivity index (χ0v) is 4.68. The third kappa shape index (κ3) is 0.521. The standard InChI is InChI=1S/C5H7N3/c1-4-3-7-8(2)5(4)6/h3,6H,1H2,2H3. The largest absolute Gasteiger partial charge is 0.283 e. The van der Waals surface area contributed by atoms with Gasteiger partial charge < -0.3 is 0 Å². The van der Waals surface area contributed by atoms with Crippen molar-refractivity contribution < 1.29 is 0 Å². The molecule has 42 valence electrons. The van der Waals surface area contributed by atoms with Crippen LogP contribution in [0.2, 0.25) is 0 Å². The van der Waals surface area contributed by atoms with Gasteiger partial charge >= 0.3 is 0 Å². The van der Waals surface area contributed by atoms with E-state index in [2.05, 4.69) is 11.7 Å². The number of nitrogens with zero attached hydrogens (tertiary/aromatic N) is 2. The van der Waals surface area contributed by atoms with Gasteiger partial charge in [0.25, 0.3) is 0 Å². The van der Waals surface area contributed by atoms with E-state index in [1.54, 1.807) is 13.3 Å². The Morgan fingerprint density at radius 1 is 1.88 bits per heavy atom. The molecule has 1 heterocycles. The molecule has 0 amide bonds. The highest BCUT2D eigenvalue weighted by Crippen LogP contribution is 2.02. The van der Waals surface area contributed by atoms with Gasteiger partial charge in [0, 0.05) is 12.6 Å². The molecule has 1 rings (SSSR count). The lowest BCUT2D eigenvalue weighted by molar-refractivity contribution is 0.557. The summed E-state index contributed by atoms with van der Waals surface area (Å²) in [6.07, 6.45) is 1.57. The highest BCUT2D eigenvalue weighted by Gasteiger charge is 2.10. The van der Waals surface area contributed by atoms with Crippen LogP contribution in [0.4, 0.5) is 0 Å².